The van der Waals surface area contributed by atoms with Crippen molar-refractivity contribution < 1.29 is 28.7 Å². The van der Waals surface area contributed by atoms with Crippen LogP contribution in [0.25, 0.3) is 55.9 Å². The van der Waals surface area contributed by atoms with Crippen LogP contribution in [0.15, 0.2) is 48.8 Å². The van der Waals surface area contributed by atoms with Crippen LogP contribution < -0.4 is 16.0 Å². The summed E-state index contributed by atoms with van der Waals surface area (Å²) in [6, 6.07) is 10.5. The van der Waals surface area contributed by atoms with Crippen molar-refractivity contribution in [3.05, 3.63) is 60.4 Å². The third-order valence-electron chi connectivity index (χ3n) is 10.7. The smallest absolute Gasteiger partial charge is 0.407 e. The Labute approximate surface area is 346 Å². The van der Waals surface area contributed by atoms with Crippen LogP contribution in [-0.2, 0) is 25.5 Å². The van der Waals surface area contributed by atoms with E-state index in [0.717, 1.165) is 53.4 Å². The van der Waals surface area contributed by atoms with Gasteiger partial charge >= 0.3 is 12.2 Å². The van der Waals surface area contributed by atoms with Gasteiger partial charge in [0, 0.05) is 30.6 Å². The van der Waals surface area contributed by atoms with Gasteiger partial charge in [0.1, 0.15) is 23.7 Å². The van der Waals surface area contributed by atoms with Crippen molar-refractivity contribution >= 4 is 57.4 Å². The van der Waals surface area contributed by atoms with Gasteiger partial charge in [0.05, 0.1) is 44.0 Å². The van der Waals surface area contributed by atoms with E-state index >= 15 is 0 Å². The molecule has 6 aromatic rings. The lowest BCUT2D eigenvalue weighted by atomic mass is 10.0. The van der Waals surface area contributed by atoms with Crippen LogP contribution in [0.3, 0.4) is 0 Å². The van der Waals surface area contributed by atoms with Gasteiger partial charge in [-0.15, -0.1) is 0 Å². The molecule has 1 aliphatic rings. The molecule has 3 atom stereocenters. The van der Waals surface area contributed by atoms with Crippen LogP contribution in [0.5, 0.6) is 0 Å². The predicted octanol–water partition coefficient (Wildman–Crippen LogP) is 5.37. The number of ether oxygens (including phenoxy) is 2. The van der Waals surface area contributed by atoms with Gasteiger partial charge in [-0.05, 0) is 60.4 Å². The van der Waals surface area contributed by atoms with E-state index < -0.39 is 24.3 Å². The maximum Gasteiger partial charge on any atom is 0.407 e. The van der Waals surface area contributed by atoms with Gasteiger partial charge < -0.3 is 40.3 Å². The van der Waals surface area contributed by atoms with Gasteiger partial charge in [0.25, 0.3) is 0 Å². The lowest BCUT2D eigenvalue weighted by Crippen LogP contribution is -2.51. The molecule has 2 aromatic carbocycles. The highest BCUT2D eigenvalue weighted by atomic mass is 16.5. The number of imidazole rings is 2. The highest BCUT2D eigenvalue weighted by molar-refractivity contribution is 5.91. The second kappa shape index (κ2) is 18.0. The van der Waals surface area contributed by atoms with Crippen molar-refractivity contribution in [3.63, 3.8) is 0 Å². The Hall–Kier alpha value is -6.72. The Kier molecular flexibility index (Phi) is 12.5. The number of benzene rings is 2. The lowest BCUT2D eigenvalue weighted by Gasteiger charge is -2.29. The van der Waals surface area contributed by atoms with Crippen LogP contribution in [0.1, 0.15) is 71.1 Å². The molecule has 314 valence electrons. The molecule has 0 radical (unpaired) electrons. The minimum Gasteiger partial charge on any atom is -0.453 e. The molecule has 0 saturated carbocycles. The standard InChI is InChI=1S/C42H50N12O6/c1-22(2)32(50-41(57)59-5)39(55)43-16-8-7-11-31-48-35-37(49-31)46-28(20-44-35)26-14-12-25-19-27(15-13-24(25)18-26)29-21-45-36-38(47-29)53-34(52-36)30-10-9-17-54(30)40(56)33(23(3)4)51-42(58)60-6/h12-15,18-23,30,32-33H,7-11,16-17H2,1-6H3,(H,43,55)(H,50,57)(H,51,58)(H,44,46,48,49)(H,45,47,52,53)/t30-,32-,33-/m0/s1. The number of nitrogens with one attached hydrogen (secondary N) is 5. The summed E-state index contributed by atoms with van der Waals surface area (Å²) in [6.45, 7) is 8.50. The SMILES string of the molecule is COC(=O)N[C@H](C(=O)NCCCCc1nc2ncc(-c3ccc4cc(-c5cnc6nc([C@@H]7CCCN7C(=O)[C@@H](NC(=O)OC)C(C)C)[nH]c6n5)ccc4c3)nc2[nH]1)C(C)C. The molecule has 1 aliphatic heterocycles. The number of hydrogen-bond donors (Lipinski definition) is 5. The number of aromatic amines is 2. The van der Waals surface area contributed by atoms with Crippen molar-refractivity contribution in [2.75, 3.05) is 27.3 Å². The summed E-state index contributed by atoms with van der Waals surface area (Å²) in [5, 5.41) is 10.2. The van der Waals surface area contributed by atoms with Crippen molar-refractivity contribution in [3.8, 4) is 22.5 Å². The third-order valence-corrected chi connectivity index (χ3v) is 10.7. The van der Waals surface area contributed by atoms with Crippen LogP contribution >= 0.6 is 0 Å². The maximum absolute atomic E-state index is 13.6. The molecule has 4 aromatic heterocycles. The first-order chi connectivity index (χ1) is 28.9. The number of unbranched alkanes of at least 4 members (excludes halogenated alkanes) is 1. The van der Waals surface area contributed by atoms with E-state index in [9.17, 15) is 19.2 Å². The molecule has 0 unspecified atom stereocenters. The van der Waals surface area contributed by atoms with E-state index in [-0.39, 0.29) is 29.7 Å². The summed E-state index contributed by atoms with van der Waals surface area (Å²) in [7, 11) is 2.54. The molecule has 0 bridgehead atoms. The largest absolute Gasteiger partial charge is 0.453 e. The molecular formula is C42H50N12O6. The zero-order valence-electron chi connectivity index (χ0n) is 34.5. The van der Waals surface area contributed by atoms with Gasteiger partial charge in [0.15, 0.2) is 22.6 Å². The van der Waals surface area contributed by atoms with Crippen LogP contribution in [-0.4, -0.2) is 108 Å². The first-order valence-electron chi connectivity index (χ1n) is 20.2. The number of aryl methyl sites for hydroxylation is 1. The number of fused-ring (bicyclic) bond motifs is 3. The minimum absolute atomic E-state index is 0.0888. The Bertz CT molecular complexity index is 2530. The van der Waals surface area contributed by atoms with Gasteiger partial charge in [-0.2, -0.15) is 0 Å². The molecule has 1 fully saturated rings. The Morgan fingerprint density at radius 2 is 1.35 bits per heavy atom. The molecule has 5 heterocycles. The molecule has 18 heteroatoms. The number of aromatic nitrogens is 8. The van der Waals surface area contributed by atoms with Crippen LogP contribution in [0, 0.1) is 11.8 Å². The molecule has 18 nitrogen and oxygen atoms in total. The van der Waals surface area contributed by atoms with E-state index in [1.54, 1.807) is 17.3 Å². The van der Waals surface area contributed by atoms with E-state index in [1.807, 2.05) is 52.0 Å². The summed E-state index contributed by atoms with van der Waals surface area (Å²) in [5.74, 6) is 0.722. The maximum atomic E-state index is 13.6. The number of nitrogens with zero attached hydrogens (tertiary/aromatic N) is 7. The fourth-order valence-corrected chi connectivity index (χ4v) is 7.42. The normalized spacial score (nSPS) is 15.1. The Morgan fingerprint density at radius 1 is 0.767 bits per heavy atom. The second-order valence-electron chi connectivity index (χ2n) is 15.6. The van der Waals surface area contributed by atoms with Crippen molar-refractivity contribution in [1.29, 1.82) is 0 Å². The Balaban J connectivity index is 0.991. The quantitative estimate of drug-likeness (QED) is 0.0873. The average molecular weight is 819 g/mol. The molecule has 0 aliphatic carbocycles. The number of rotatable bonds is 14. The number of hydrogen-bond acceptors (Lipinski definition) is 12. The van der Waals surface area contributed by atoms with Crippen LogP contribution in [0.4, 0.5) is 9.59 Å². The van der Waals surface area contributed by atoms with Gasteiger partial charge in [-0.3, -0.25) is 9.59 Å². The molecule has 4 amide bonds. The van der Waals surface area contributed by atoms with Gasteiger partial charge in [-0.1, -0.05) is 52.0 Å². The van der Waals surface area contributed by atoms with Crippen molar-refractivity contribution in [2.24, 2.45) is 11.8 Å². The number of likely N-dealkylation sites (tertiary alicyclic amines) is 1. The fraction of sp³-hybridized carbons (Fsp3) is 0.429. The van der Waals surface area contributed by atoms with Crippen LogP contribution in [0.2, 0.25) is 0 Å². The molecule has 5 N–H and O–H groups in total. The lowest BCUT2D eigenvalue weighted by molar-refractivity contribution is -0.135. The van der Waals surface area contributed by atoms with E-state index in [2.05, 4.69) is 57.7 Å². The van der Waals surface area contributed by atoms with Crippen molar-refractivity contribution in [1.82, 2.24) is 60.7 Å². The number of carbonyl (C=O) groups is 4. The summed E-state index contributed by atoms with van der Waals surface area (Å²) < 4.78 is 9.39. The number of carbonyl (C=O) groups excluding carboxylic acids is 4. The highest BCUT2D eigenvalue weighted by Gasteiger charge is 2.38. The van der Waals surface area contributed by atoms with E-state index in [1.165, 1.54) is 14.2 Å². The summed E-state index contributed by atoms with van der Waals surface area (Å²) >= 11 is 0. The second-order valence-corrected chi connectivity index (χ2v) is 15.6. The molecule has 7 rings (SSSR count). The molecule has 60 heavy (non-hydrogen) atoms. The summed E-state index contributed by atoms with van der Waals surface area (Å²) in [4.78, 5) is 86.4. The first-order valence-corrected chi connectivity index (χ1v) is 20.2. The summed E-state index contributed by atoms with van der Waals surface area (Å²) in [5.41, 5.74) is 5.29. The topological polar surface area (TPSA) is 235 Å². The van der Waals surface area contributed by atoms with Gasteiger partial charge in [-0.25, -0.2) is 39.5 Å². The van der Waals surface area contributed by atoms with Gasteiger partial charge in [0.2, 0.25) is 11.8 Å². The fourth-order valence-electron chi connectivity index (χ4n) is 7.42. The number of alkyl carbamates (subject to hydrolysis) is 2. The third kappa shape index (κ3) is 9.11. The minimum atomic E-state index is -0.725. The number of methoxy groups -OCH3 is 2. The first kappa shape index (κ1) is 41.4. The molecular weight excluding hydrogens is 769 g/mol. The zero-order valence-corrected chi connectivity index (χ0v) is 34.5. The molecule has 0 spiro atoms. The predicted molar refractivity (Wildman–Crippen MR) is 223 cm³/mol. The highest BCUT2D eigenvalue weighted by Crippen LogP contribution is 2.33. The zero-order chi connectivity index (χ0) is 42.5. The van der Waals surface area contributed by atoms with E-state index in [4.69, 9.17) is 19.7 Å². The molecule has 1 saturated heterocycles. The number of H-pyrrole nitrogens is 2. The van der Waals surface area contributed by atoms with Crippen molar-refractivity contribution in [2.45, 2.75) is 77.9 Å². The summed E-state index contributed by atoms with van der Waals surface area (Å²) in [6.07, 6.45) is 5.82. The number of amides is 4. The van der Waals surface area contributed by atoms with E-state index in [0.29, 0.717) is 59.3 Å². The Morgan fingerprint density at radius 3 is 1.95 bits per heavy atom. The monoisotopic (exact) mass is 818 g/mol. The average Bonchev–Trinajstić information content (AvgIpc) is 4.01.